The lowest BCUT2D eigenvalue weighted by molar-refractivity contribution is -0.130. The molecule has 0 saturated carbocycles. The number of carbonyl (C=O) groups is 2. The van der Waals surface area contributed by atoms with Gasteiger partial charge < -0.3 is 35.6 Å². The fourth-order valence-corrected chi connectivity index (χ4v) is 3.68. The third-order valence-corrected chi connectivity index (χ3v) is 5.29. The second-order valence-electron chi connectivity index (χ2n) is 7.72. The predicted molar refractivity (Wildman–Crippen MR) is 104 cm³/mol. The maximum Gasteiger partial charge on any atom is 0.451 e. The molecule has 29 heavy (non-hydrogen) atoms. The topological polar surface area (TPSA) is 152 Å². The zero-order valence-electron chi connectivity index (χ0n) is 16.2. The first-order valence-corrected chi connectivity index (χ1v) is 9.56. The van der Waals surface area contributed by atoms with E-state index in [4.69, 9.17) is 14.8 Å². The molecular formula is C18H26BN3O7. The van der Waals surface area contributed by atoms with Gasteiger partial charge in [-0.05, 0) is 31.3 Å². The van der Waals surface area contributed by atoms with E-state index in [2.05, 4.69) is 10.6 Å². The van der Waals surface area contributed by atoms with Crippen LogP contribution in [0.3, 0.4) is 0 Å². The van der Waals surface area contributed by atoms with Crippen molar-refractivity contribution in [3.63, 3.8) is 0 Å². The standard InChI is InChI=1S/C18H26BN3O7/c1-18(17(26)20-6-7-21-18)10-22-8-12(9-22)29-13-3-2-11(4-5-19(27)28)15(23)14(13)16(24)25/h2-3,12,21,23,27-28H,4-10H2,1H3,(H,20,26)(H,24,25)/t18-/m0/s1. The fraction of sp³-hybridized carbons (Fsp3) is 0.556. The van der Waals surface area contributed by atoms with E-state index in [1.807, 2.05) is 11.8 Å². The van der Waals surface area contributed by atoms with E-state index in [1.54, 1.807) is 0 Å². The summed E-state index contributed by atoms with van der Waals surface area (Å²) in [5.41, 5.74) is -0.707. The molecular weight excluding hydrogens is 381 g/mol. The number of hydrogen-bond acceptors (Lipinski definition) is 8. The molecule has 1 atom stereocenters. The lowest BCUT2D eigenvalue weighted by atomic mass is 9.82. The quantitative estimate of drug-likeness (QED) is 0.287. The van der Waals surface area contributed by atoms with Crippen molar-refractivity contribution >= 4 is 19.0 Å². The van der Waals surface area contributed by atoms with E-state index in [9.17, 15) is 19.8 Å². The zero-order valence-corrected chi connectivity index (χ0v) is 16.2. The van der Waals surface area contributed by atoms with Gasteiger partial charge in [0.25, 0.3) is 0 Å². The molecule has 1 aromatic rings. The van der Waals surface area contributed by atoms with Gasteiger partial charge >= 0.3 is 13.1 Å². The molecule has 2 fully saturated rings. The van der Waals surface area contributed by atoms with Gasteiger partial charge in [-0.1, -0.05) is 6.07 Å². The molecule has 6 N–H and O–H groups in total. The molecule has 3 rings (SSSR count). The number of carbonyl (C=O) groups excluding carboxylic acids is 1. The molecule has 1 aromatic carbocycles. The second-order valence-corrected chi connectivity index (χ2v) is 7.72. The summed E-state index contributed by atoms with van der Waals surface area (Å²) in [7, 11) is -1.54. The maximum absolute atomic E-state index is 12.1. The lowest BCUT2D eigenvalue weighted by Crippen LogP contribution is -2.69. The summed E-state index contributed by atoms with van der Waals surface area (Å²) in [4.78, 5) is 25.8. The molecule has 0 spiro atoms. The van der Waals surface area contributed by atoms with Crippen molar-refractivity contribution in [3.05, 3.63) is 23.3 Å². The van der Waals surface area contributed by atoms with Gasteiger partial charge in [0.1, 0.15) is 28.7 Å². The van der Waals surface area contributed by atoms with Crippen molar-refractivity contribution in [3.8, 4) is 11.5 Å². The van der Waals surface area contributed by atoms with E-state index < -0.39 is 24.4 Å². The van der Waals surface area contributed by atoms with Crippen molar-refractivity contribution in [2.45, 2.75) is 31.3 Å². The summed E-state index contributed by atoms with van der Waals surface area (Å²) in [5.74, 6) is -1.74. The number of carboxylic acids is 1. The Morgan fingerprint density at radius 2 is 2.07 bits per heavy atom. The van der Waals surface area contributed by atoms with Crippen molar-refractivity contribution < 1.29 is 34.6 Å². The zero-order chi connectivity index (χ0) is 21.2. The van der Waals surface area contributed by atoms with Gasteiger partial charge in [-0.3, -0.25) is 9.69 Å². The van der Waals surface area contributed by atoms with Crippen LogP contribution in [0.1, 0.15) is 22.8 Å². The smallest absolute Gasteiger partial charge is 0.451 e. The molecule has 2 aliphatic heterocycles. The Kier molecular flexibility index (Phi) is 6.32. The minimum absolute atomic E-state index is 0.0230. The highest BCUT2D eigenvalue weighted by molar-refractivity contribution is 6.41. The molecule has 0 aromatic heterocycles. The monoisotopic (exact) mass is 407 g/mol. The Morgan fingerprint density at radius 3 is 2.69 bits per heavy atom. The number of aromatic carboxylic acids is 1. The first-order valence-electron chi connectivity index (χ1n) is 9.56. The molecule has 11 heteroatoms. The molecule has 2 saturated heterocycles. The average Bonchev–Trinajstić information content (AvgIpc) is 2.61. The van der Waals surface area contributed by atoms with E-state index in [0.29, 0.717) is 38.3 Å². The number of piperazine rings is 1. The summed E-state index contributed by atoms with van der Waals surface area (Å²) < 4.78 is 5.78. The first-order chi connectivity index (χ1) is 13.7. The largest absolute Gasteiger partial charge is 0.507 e. The third kappa shape index (κ3) is 4.81. The number of aromatic hydroxyl groups is 1. The molecule has 2 heterocycles. The van der Waals surface area contributed by atoms with Crippen molar-refractivity contribution in [1.29, 1.82) is 0 Å². The van der Waals surface area contributed by atoms with E-state index in [0.717, 1.165) is 0 Å². The Labute approximate surface area is 168 Å². The average molecular weight is 407 g/mol. The van der Waals surface area contributed by atoms with Crippen LogP contribution in [0.5, 0.6) is 11.5 Å². The van der Waals surface area contributed by atoms with Gasteiger partial charge in [0.2, 0.25) is 5.91 Å². The van der Waals surface area contributed by atoms with Gasteiger partial charge in [0.15, 0.2) is 0 Å². The molecule has 158 valence electrons. The summed E-state index contributed by atoms with van der Waals surface area (Å²) in [6.45, 7) is 4.73. The van der Waals surface area contributed by atoms with E-state index in [1.165, 1.54) is 12.1 Å². The van der Waals surface area contributed by atoms with Crippen molar-refractivity contribution in [2.24, 2.45) is 0 Å². The number of aryl methyl sites for hydroxylation is 1. The minimum Gasteiger partial charge on any atom is -0.507 e. The molecule has 0 unspecified atom stereocenters. The highest BCUT2D eigenvalue weighted by atomic mass is 16.5. The van der Waals surface area contributed by atoms with Crippen molar-refractivity contribution in [1.82, 2.24) is 15.5 Å². The summed E-state index contributed by atoms with van der Waals surface area (Å²) >= 11 is 0. The summed E-state index contributed by atoms with van der Waals surface area (Å²) in [5, 5.41) is 43.8. The number of carboxylic acid groups (broad SMARTS) is 1. The molecule has 1 amide bonds. The number of rotatable bonds is 8. The normalized spacial score (nSPS) is 22.7. The molecule has 0 radical (unpaired) electrons. The van der Waals surface area contributed by atoms with Crippen LogP contribution in [0, 0.1) is 0 Å². The second kappa shape index (κ2) is 8.58. The Bertz CT molecular complexity index is 785. The Balaban J connectivity index is 1.62. The molecule has 2 aliphatic rings. The van der Waals surface area contributed by atoms with Gasteiger partial charge in [-0.2, -0.15) is 0 Å². The van der Waals surface area contributed by atoms with Gasteiger partial charge in [-0.25, -0.2) is 4.79 Å². The molecule has 0 bridgehead atoms. The van der Waals surface area contributed by atoms with Crippen LogP contribution in [0.25, 0.3) is 0 Å². The first kappa shape index (κ1) is 21.4. The van der Waals surface area contributed by atoms with Gasteiger partial charge in [0.05, 0.1) is 0 Å². The van der Waals surface area contributed by atoms with Crippen LogP contribution in [0.4, 0.5) is 0 Å². The summed E-state index contributed by atoms with van der Waals surface area (Å²) in [6, 6.07) is 3.00. The van der Waals surface area contributed by atoms with E-state index >= 15 is 0 Å². The highest BCUT2D eigenvalue weighted by Crippen LogP contribution is 2.34. The molecule has 0 aliphatic carbocycles. The summed E-state index contributed by atoms with van der Waals surface area (Å²) in [6.07, 6.45) is -0.160. The number of amides is 1. The third-order valence-electron chi connectivity index (χ3n) is 5.29. The number of nitrogens with zero attached hydrogens (tertiary/aromatic N) is 1. The predicted octanol–water partition coefficient (Wildman–Crippen LogP) is -1.35. The lowest BCUT2D eigenvalue weighted by Gasteiger charge is -2.45. The number of benzene rings is 1. The van der Waals surface area contributed by atoms with Gasteiger partial charge in [0, 0.05) is 32.7 Å². The number of nitrogens with one attached hydrogen (secondary N) is 2. The fourth-order valence-electron chi connectivity index (χ4n) is 3.68. The number of hydrogen-bond donors (Lipinski definition) is 6. The number of likely N-dealkylation sites (tertiary alicyclic amines) is 1. The van der Waals surface area contributed by atoms with Crippen LogP contribution in [0.2, 0.25) is 6.32 Å². The van der Waals surface area contributed by atoms with Crippen molar-refractivity contribution in [2.75, 3.05) is 32.7 Å². The van der Waals surface area contributed by atoms with Crippen LogP contribution >= 0.6 is 0 Å². The Morgan fingerprint density at radius 1 is 1.34 bits per heavy atom. The highest BCUT2D eigenvalue weighted by Gasteiger charge is 2.41. The molecule has 10 nitrogen and oxygen atoms in total. The maximum atomic E-state index is 12.1. The van der Waals surface area contributed by atoms with Crippen LogP contribution in [-0.2, 0) is 11.2 Å². The Hall–Kier alpha value is -2.34. The van der Waals surface area contributed by atoms with Gasteiger partial charge in [-0.15, -0.1) is 0 Å². The van der Waals surface area contributed by atoms with Crippen LogP contribution in [0.15, 0.2) is 12.1 Å². The number of phenols is 1. The van der Waals surface area contributed by atoms with Crippen LogP contribution in [-0.4, -0.2) is 88.5 Å². The number of ether oxygens (including phenoxy) is 1. The van der Waals surface area contributed by atoms with Crippen LogP contribution < -0.4 is 15.4 Å². The van der Waals surface area contributed by atoms with E-state index in [-0.39, 0.29) is 36.1 Å². The SMILES string of the molecule is C[C@@]1(CN2CC(Oc3ccc(CCB(O)O)c(O)c3C(=O)O)C2)NCCNC1=O. The minimum atomic E-state index is -1.54.